The molecule has 0 aliphatic rings. The van der Waals surface area contributed by atoms with Crippen molar-refractivity contribution in [2.45, 2.75) is 26.3 Å². The van der Waals surface area contributed by atoms with E-state index in [1.807, 2.05) is 19.0 Å². The molecule has 0 aliphatic heterocycles. The number of amides is 1. The molecule has 8 nitrogen and oxygen atoms in total. The number of alkyl halides is 2. The summed E-state index contributed by atoms with van der Waals surface area (Å²) in [6, 6.07) is 8.00. The van der Waals surface area contributed by atoms with Gasteiger partial charge >= 0.3 is 6.61 Å². The van der Waals surface area contributed by atoms with E-state index >= 15 is 4.39 Å². The SMILES string of the molecule is CN(C)C/C=C/C(=O)Nc1cc2c(Nc3cccc(C#C[Si](C)(C)C)c3F)ncnc2cc1OCCOC(F)F. The maximum absolute atomic E-state index is 15.3. The number of nitrogens with one attached hydrogen (secondary N) is 2. The molecule has 3 aromatic rings. The Bertz CT molecular complexity index is 1430. The topological polar surface area (TPSA) is 88.6 Å². The van der Waals surface area contributed by atoms with Gasteiger partial charge < -0.3 is 25.0 Å². The Balaban J connectivity index is 1.97. The van der Waals surface area contributed by atoms with Crippen molar-refractivity contribution in [3.63, 3.8) is 0 Å². The van der Waals surface area contributed by atoms with E-state index < -0.39 is 26.4 Å². The highest BCUT2D eigenvalue weighted by Crippen LogP contribution is 2.34. The van der Waals surface area contributed by atoms with Crippen molar-refractivity contribution in [1.82, 2.24) is 14.9 Å². The summed E-state index contributed by atoms with van der Waals surface area (Å²) in [6.07, 6.45) is 4.35. The van der Waals surface area contributed by atoms with Crippen LogP contribution < -0.4 is 15.4 Å². The number of carbonyl (C=O) groups excluding carboxylic acids is 1. The molecule has 0 saturated heterocycles. The third kappa shape index (κ3) is 9.37. The number of likely N-dealkylation sites (N-methyl/N-ethyl adjacent to an activating group) is 1. The van der Waals surface area contributed by atoms with Crippen molar-refractivity contribution < 1.29 is 27.4 Å². The van der Waals surface area contributed by atoms with Gasteiger partial charge in [-0.25, -0.2) is 14.4 Å². The number of anilines is 3. The lowest BCUT2D eigenvalue weighted by Gasteiger charge is -2.15. The number of aromatic nitrogens is 2. The normalized spacial score (nSPS) is 11.7. The van der Waals surface area contributed by atoms with Crippen LogP contribution in [0.15, 0.2) is 48.8 Å². The molecule has 3 rings (SSSR count). The van der Waals surface area contributed by atoms with Gasteiger partial charge in [0.2, 0.25) is 5.91 Å². The first-order valence-corrected chi connectivity index (χ1v) is 15.9. The summed E-state index contributed by atoms with van der Waals surface area (Å²) in [5.74, 6) is 2.47. The van der Waals surface area contributed by atoms with Crippen LogP contribution in [0.25, 0.3) is 10.9 Å². The molecule has 40 heavy (non-hydrogen) atoms. The van der Waals surface area contributed by atoms with Crippen LogP contribution in [0.2, 0.25) is 19.6 Å². The first kappa shape index (κ1) is 30.6. The maximum Gasteiger partial charge on any atom is 0.345 e. The van der Waals surface area contributed by atoms with Crippen molar-refractivity contribution in [1.29, 1.82) is 0 Å². The molecule has 2 aromatic carbocycles. The highest BCUT2D eigenvalue weighted by Gasteiger charge is 2.16. The second-order valence-electron chi connectivity index (χ2n) is 10.0. The van der Waals surface area contributed by atoms with Gasteiger partial charge in [0, 0.05) is 24.1 Å². The minimum Gasteiger partial charge on any atom is -0.489 e. The first-order valence-electron chi connectivity index (χ1n) is 12.4. The van der Waals surface area contributed by atoms with Gasteiger partial charge in [-0.3, -0.25) is 4.79 Å². The predicted molar refractivity (Wildman–Crippen MR) is 153 cm³/mol. The maximum atomic E-state index is 15.3. The zero-order valence-corrected chi connectivity index (χ0v) is 24.0. The third-order valence-electron chi connectivity index (χ3n) is 5.14. The molecule has 0 atom stereocenters. The molecular formula is C28H32F3N5O3Si. The standard InChI is InChI=1S/C28H32F3N5O3Si/c1-36(2)12-7-10-25(37)34-23-16-20-22(17-24(23)38-13-14-39-28(30)31)32-18-33-27(20)35-21-9-6-8-19(26(21)29)11-15-40(3,4)5/h6-10,16-18,28H,12-14H2,1-5H3,(H,34,37)(H,32,33,35)/b10-7+. The summed E-state index contributed by atoms with van der Waals surface area (Å²) in [5.41, 5.74) is 4.26. The van der Waals surface area contributed by atoms with Crippen molar-refractivity contribution in [3.8, 4) is 17.2 Å². The van der Waals surface area contributed by atoms with Crippen molar-refractivity contribution in [2.75, 3.05) is 44.5 Å². The molecule has 0 saturated carbocycles. The summed E-state index contributed by atoms with van der Waals surface area (Å²) in [6.45, 7) is 3.29. The lowest BCUT2D eigenvalue weighted by atomic mass is 10.1. The van der Waals surface area contributed by atoms with Crippen LogP contribution in [0, 0.1) is 17.3 Å². The van der Waals surface area contributed by atoms with Crippen molar-refractivity contribution in [3.05, 3.63) is 60.2 Å². The number of rotatable bonds is 11. The minimum absolute atomic E-state index is 0.170. The smallest absolute Gasteiger partial charge is 0.345 e. The van der Waals surface area contributed by atoms with Gasteiger partial charge in [0.25, 0.3) is 0 Å². The van der Waals surface area contributed by atoms with E-state index in [-0.39, 0.29) is 41.7 Å². The largest absolute Gasteiger partial charge is 0.489 e. The number of carbonyl (C=O) groups is 1. The van der Waals surface area contributed by atoms with Gasteiger partial charge in [-0.2, -0.15) is 8.78 Å². The van der Waals surface area contributed by atoms with Crippen LogP contribution in [0.3, 0.4) is 0 Å². The Labute approximate surface area is 232 Å². The quantitative estimate of drug-likeness (QED) is 0.138. The second-order valence-corrected chi connectivity index (χ2v) is 14.8. The van der Waals surface area contributed by atoms with E-state index in [9.17, 15) is 13.6 Å². The fourth-order valence-electron chi connectivity index (χ4n) is 3.34. The monoisotopic (exact) mass is 571 g/mol. The number of halogens is 3. The van der Waals surface area contributed by atoms with Crippen molar-refractivity contribution in [2.24, 2.45) is 0 Å². The van der Waals surface area contributed by atoms with E-state index in [1.54, 1.807) is 30.3 Å². The Morgan fingerprint density at radius 2 is 1.93 bits per heavy atom. The number of hydrogen-bond acceptors (Lipinski definition) is 7. The van der Waals surface area contributed by atoms with E-state index in [1.165, 1.54) is 18.5 Å². The molecule has 1 heterocycles. The molecule has 1 amide bonds. The molecule has 212 valence electrons. The molecular weight excluding hydrogens is 539 g/mol. The van der Waals surface area contributed by atoms with Crippen molar-refractivity contribution >= 4 is 42.1 Å². The molecule has 0 bridgehead atoms. The molecule has 0 fully saturated rings. The average molecular weight is 572 g/mol. The number of ether oxygens (including phenoxy) is 2. The Morgan fingerprint density at radius 1 is 1.15 bits per heavy atom. The zero-order chi connectivity index (χ0) is 29.3. The highest BCUT2D eigenvalue weighted by molar-refractivity contribution is 6.83. The number of benzene rings is 2. The van der Waals surface area contributed by atoms with Crippen LogP contribution in [0.1, 0.15) is 5.56 Å². The van der Waals surface area contributed by atoms with E-state index in [0.717, 1.165) is 0 Å². The molecule has 1 aromatic heterocycles. The number of nitrogens with zero attached hydrogens (tertiary/aromatic N) is 3. The summed E-state index contributed by atoms with van der Waals surface area (Å²) < 4.78 is 49.9. The highest BCUT2D eigenvalue weighted by atomic mass is 28.3. The third-order valence-corrected chi connectivity index (χ3v) is 6.02. The lowest BCUT2D eigenvalue weighted by Crippen LogP contribution is -2.16. The van der Waals surface area contributed by atoms with E-state index in [0.29, 0.717) is 17.4 Å². The van der Waals surface area contributed by atoms with E-state index in [2.05, 4.69) is 56.4 Å². The summed E-state index contributed by atoms with van der Waals surface area (Å²) in [4.78, 5) is 23.0. The molecule has 0 unspecified atom stereocenters. The Morgan fingerprint density at radius 3 is 2.62 bits per heavy atom. The van der Waals surface area contributed by atoms with Gasteiger partial charge in [-0.15, -0.1) is 5.54 Å². The Kier molecular flexibility index (Phi) is 10.7. The van der Waals surface area contributed by atoms with Crippen LogP contribution in [0.5, 0.6) is 5.75 Å². The van der Waals surface area contributed by atoms with Gasteiger partial charge in [-0.05, 0) is 32.3 Å². The zero-order valence-electron chi connectivity index (χ0n) is 23.0. The molecule has 0 spiro atoms. The molecule has 0 aliphatic carbocycles. The van der Waals surface area contributed by atoms with E-state index in [4.69, 9.17) is 4.74 Å². The fraction of sp³-hybridized carbons (Fsp3) is 0.321. The minimum atomic E-state index is -2.93. The predicted octanol–water partition coefficient (Wildman–Crippen LogP) is 5.42. The van der Waals surface area contributed by atoms with Gasteiger partial charge in [0.1, 0.15) is 32.6 Å². The van der Waals surface area contributed by atoms with Crippen LogP contribution in [-0.4, -0.2) is 69.3 Å². The number of fused-ring (bicyclic) bond motifs is 1. The molecule has 12 heteroatoms. The fourth-order valence-corrected chi connectivity index (χ4v) is 3.85. The lowest BCUT2D eigenvalue weighted by molar-refractivity contribution is -0.133. The van der Waals surface area contributed by atoms with Crippen LogP contribution >= 0.6 is 0 Å². The second kappa shape index (κ2) is 13.9. The van der Waals surface area contributed by atoms with Gasteiger partial charge in [-0.1, -0.05) is 37.7 Å². The van der Waals surface area contributed by atoms with Gasteiger partial charge in [0.05, 0.1) is 29.1 Å². The average Bonchev–Trinajstić information content (AvgIpc) is 2.86. The van der Waals surface area contributed by atoms with Crippen LogP contribution in [-0.2, 0) is 9.53 Å². The summed E-state index contributed by atoms with van der Waals surface area (Å²) in [5, 5.41) is 6.21. The molecule has 0 radical (unpaired) electrons. The summed E-state index contributed by atoms with van der Waals surface area (Å²) in [7, 11) is 2.02. The number of hydrogen-bond donors (Lipinski definition) is 2. The first-order chi connectivity index (χ1) is 18.9. The van der Waals surface area contributed by atoms with Gasteiger partial charge in [0.15, 0.2) is 5.82 Å². The summed E-state index contributed by atoms with van der Waals surface area (Å²) >= 11 is 0. The molecule has 2 N–H and O–H groups in total. The van der Waals surface area contributed by atoms with Crippen LogP contribution in [0.4, 0.5) is 30.4 Å². The Hall–Kier alpha value is -3.92.